The first-order valence-corrected chi connectivity index (χ1v) is 12.3. The number of hydrogen-bond donors (Lipinski definition) is 0. The van der Waals surface area contributed by atoms with E-state index >= 15 is 0 Å². The van der Waals surface area contributed by atoms with Gasteiger partial charge in [-0.3, -0.25) is 4.90 Å². The molecule has 0 spiro atoms. The topological polar surface area (TPSA) is 80.8 Å². The van der Waals surface area contributed by atoms with E-state index in [1.165, 1.54) is 12.1 Å². The van der Waals surface area contributed by atoms with E-state index in [2.05, 4.69) is 0 Å². The lowest BCUT2D eigenvalue weighted by molar-refractivity contribution is 0.0425. The van der Waals surface area contributed by atoms with Crippen LogP contribution in [-0.4, -0.2) is 69.8 Å². The Morgan fingerprint density at radius 2 is 1.56 bits per heavy atom. The molecule has 0 bridgehead atoms. The Hall–Kier alpha value is -1.03. The van der Waals surface area contributed by atoms with E-state index < -0.39 is 41.2 Å². The molecule has 27 heavy (non-hydrogen) atoms. The molecule has 2 atom stereocenters. The molecule has 0 aliphatic carbocycles. The van der Waals surface area contributed by atoms with E-state index in [4.69, 9.17) is 4.74 Å². The van der Waals surface area contributed by atoms with Crippen LogP contribution >= 0.6 is 0 Å². The summed E-state index contributed by atoms with van der Waals surface area (Å²) in [5.41, 5.74) is 0. The van der Waals surface area contributed by atoms with Crippen LogP contribution in [0.25, 0.3) is 0 Å². The van der Waals surface area contributed by atoms with Crippen molar-refractivity contribution in [2.75, 3.05) is 26.3 Å². The minimum atomic E-state index is -3.91. The molecule has 1 aromatic rings. The summed E-state index contributed by atoms with van der Waals surface area (Å²) in [6.07, 6.45) is 1.52. The number of sulfone groups is 2. The van der Waals surface area contributed by atoms with Crippen LogP contribution in [0.4, 0.5) is 4.39 Å². The van der Waals surface area contributed by atoms with Crippen molar-refractivity contribution in [1.82, 2.24) is 4.90 Å². The molecule has 2 fully saturated rings. The van der Waals surface area contributed by atoms with Gasteiger partial charge in [-0.05, 0) is 51.0 Å². The lowest BCUT2D eigenvalue weighted by Gasteiger charge is -2.31. The number of nitrogens with zero attached hydrogens (tertiary/aromatic N) is 1. The van der Waals surface area contributed by atoms with Gasteiger partial charge in [-0.15, -0.1) is 0 Å². The van der Waals surface area contributed by atoms with Gasteiger partial charge in [0.1, 0.15) is 5.82 Å². The van der Waals surface area contributed by atoms with Gasteiger partial charge >= 0.3 is 0 Å². The van der Waals surface area contributed by atoms with E-state index in [1.54, 1.807) is 13.8 Å². The van der Waals surface area contributed by atoms with Crippen molar-refractivity contribution in [2.45, 2.75) is 53.4 Å². The molecular weight excluding hydrogens is 393 g/mol. The largest absolute Gasteiger partial charge is 0.381 e. The van der Waals surface area contributed by atoms with Crippen LogP contribution in [0.1, 0.15) is 26.7 Å². The van der Waals surface area contributed by atoms with Gasteiger partial charge in [-0.1, -0.05) is 0 Å². The molecule has 2 aliphatic rings. The van der Waals surface area contributed by atoms with Crippen LogP contribution < -0.4 is 0 Å². The Balaban J connectivity index is 1.97. The van der Waals surface area contributed by atoms with Crippen molar-refractivity contribution in [1.29, 1.82) is 0 Å². The monoisotopic (exact) mass is 419 g/mol. The first-order valence-electron chi connectivity index (χ1n) is 9.18. The zero-order chi connectivity index (χ0) is 19.8. The van der Waals surface area contributed by atoms with Gasteiger partial charge in [-0.2, -0.15) is 0 Å². The molecule has 1 aromatic carbocycles. The van der Waals surface area contributed by atoms with Gasteiger partial charge in [-0.25, -0.2) is 21.2 Å². The molecule has 2 heterocycles. The van der Waals surface area contributed by atoms with Gasteiger partial charge in [0.25, 0.3) is 0 Å². The minimum Gasteiger partial charge on any atom is -0.381 e. The van der Waals surface area contributed by atoms with Gasteiger partial charge in [0.2, 0.25) is 0 Å². The van der Waals surface area contributed by atoms with Crippen LogP contribution in [0, 0.1) is 5.82 Å². The molecule has 9 heteroatoms. The van der Waals surface area contributed by atoms with E-state index in [0.29, 0.717) is 13.2 Å². The van der Waals surface area contributed by atoms with Gasteiger partial charge in [0, 0.05) is 32.3 Å². The molecule has 0 N–H and O–H groups in total. The average molecular weight is 420 g/mol. The van der Waals surface area contributed by atoms with Crippen molar-refractivity contribution in [3.63, 3.8) is 0 Å². The SMILES string of the molecule is CC(C)S(=O)(=O)[C@H]1CN(C2CCOCC2)C[C@@H]1S(=O)(=O)c1ccc(F)cc1. The molecule has 2 saturated heterocycles. The van der Waals surface area contributed by atoms with Crippen LogP contribution in [-0.2, 0) is 24.4 Å². The number of benzene rings is 1. The fourth-order valence-electron chi connectivity index (χ4n) is 3.88. The smallest absolute Gasteiger partial charge is 0.183 e. The highest BCUT2D eigenvalue weighted by Gasteiger charge is 2.50. The molecule has 0 radical (unpaired) electrons. The van der Waals surface area contributed by atoms with Gasteiger partial charge in [0.15, 0.2) is 19.7 Å². The summed E-state index contributed by atoms with van der Waals surface area (Å²) < 4.78 is 70.9. The molecule has 0 aromatic heterocycles. The van der Waals surface area contributed by atoms with E-state index in [0.717, 1.165) is 25.0 Å². The van der Waals surface area contributed by atoms with Crippen molar-refractivity contribution in [3.05, 3.63) is 30.1 Å². The lowest BCUT2D eigenvalue weighted by atomic mass is 10.1. The Morgan fingerprint density at radius 1 is 1.00 bits per heavy atom. The maximum Gasteiger partial charge on any atom is 0.183 e. The first kappa shape index (κ1) is 20.7. The number of hydrogen-bond acceptors (Lipinski definition) is 6. The fourth-order valence-corrected chi connectivity index (χ4v) is 8.13. The molecule has 3 rings (SSSR count). The molecule has 2 aliphatic heterocycles. The summed E-state index contributed by atoms with van der Waals surface area (Å²) in [5, 5.41) is -2.71. The van der Waals surface area contributed by atoms with Crippen molar-refractivity contribution in [3.8, 4) is 0 Å². The van der Waals surface area contributed by atoms with Gasteiger partial charge in [0.05, 0.1) is 20.6 Å². The van der Waals surface area contributed by atoms with Crippen molar-refractivity contribution >= 4 is 19.7 Å². The second-order valence-corrected chi connectivity index (χ2v) is 12.4. The van der Waals surface area contributed by atoms with Crippen molar-refractivity contribution in [2.24, 2.45) is 0 Å². The molecular formula is C18H26FNO5S2. The number of rotatable bonds is 5. The average Bonchev–Trinajstić information content (AvgIpc) is 3.10. The highest BCUT2D eigenvalue weighted by molar-refractivity contribution is 7.96. The predicted octanol–water partition coefficient (Wildman–Crippen LogP) is 1.65. The summed E-state index contributed by atoms with van der Waals surface area (Å²) in [6.45, 7) is 4.72. The fraction of sp³-hybridized carbons (Fsp3) is 0.667. The lowest BCUT2D eigenvalue weighted by Crippen LogP contribution is -2.41. The minimum absolute atomic E-state index is 0.0355. The first-order chi connectivity index (χ1) is 12.6. The second kappa shape index (κ2) is 7.77. The summed E-state index contributed by atoms with van der Waals surface area (Å²) in [6, 6.07) is 4.72. The summed E-state index contributed by atoms with van der Waals surface area (Å²) in [5.74, 6) is -0.532. The third kappa shape index (κ3) is 4.06. The number of ether oxygens (including phenoxy) is 1. The molecule has 0 unspecified atom stereocenters. The zero-order valence-electron chi connectivity index (χ0n) is 15.5. The van der Waals surface area contributed by atoms with Crippen LogP contribution in [0.5, 0.6) is 0 Å². The Bertz CT molecular complexity index is 862. The summed E-state index contributed by atoms with van der Waals surface area (Å²) in [4.78, 5) is 1.95. The maximum absolute atomic E-state index is 13.2. The summed E-state index contributed by atoms with van der Waals surface area (Å²) >= 11 is 0. The highest BCUT2D eigenvalue weighted by Crippen LogP contribution is 2.33. The second-order valence-electron chi connectivity index (χ2n) is 7.51. The molecule has 0 amide bonds. The maximum atomic E-state index is 13.2. The number of likely N-dealkylation sites (tertiary alicyclic amines) is 1. The quantitative estimate of drug-likeness (QED) is 0.675. The molecule has 6 nitrogen and oxygen atoms in total. The van der Waals surface area contributed by atoms with Crippen molar-refractivity contribution < 1.29 is 26.0 Å². The standard InChI is InChI=1S/C18H26FNO5S2/c1-13(2)26(21,22)17-11-20(15-7-9-25-10-8-15)12-18(17)27(23,24)16-5-3-14(19)4-6-16/h3-6,13,15,17-18H,7-12H2,1-2H3/t17-,18-/m0/s1. The molecule has 0 saturated carbocycles. The Kier molecular flexibility index (Phi) is 5.96. The van der Waals surface area contributed by atoms with E-state index in [9.17, 15) is 21.2 Å². The summed E-state index contributed by atoms with van der Waals surface area (Å²) in [7, 11) is -7.53. The normalized spacial score (nSPS) is 25.9. The van der Waals surface area contributed by atoms with Gasteiger partial charge < -0.3 is 4.74 Å². The Morgan fingerprint density at radius 3 is 2.11 bits per heavy atom. The zero-order valence-corrected chi connectivity index (χ0v) is 17.2. The van der Waals surface area contributed by atoms with Crippen LogP contribution in [0.15, 0.2) is 29.2 Å². The predicted molar refractivity (Wildman–Crippen MR) is 101 cm³/mol. The third-order valence-electron chi connectivity index (χ3n) is 5.57. The third-order valence-corrected chi connectivity index (χ3v) is 10.6. The molecule has 152 valence electrons. The highest BCUT2D eigenvalue weighted by atomic mass is 32.2. The van der Waals surface area contributed by atoms with Crippen LogP contribution in [0.2, 0.25) is 0 Å². The van der Waals surface area contributed by atoms with E-state index in [1.807, 2.05) is 4.90 Å². The van der Waals surface area contributed by atoms with Crippen LogP contribution in [0.3, 0.4) is 0 Å². The van der Waals surface area contributed by atoms with E-state index in [-0.39, 0.29) is 24.0 Å². The Labute approximate surface area is 160 Å². The number of halogens is 1.